The summed E-state index contributed by atoms with van der Waals surface area (Å²) in [6, 6.07) is 0.476. The van der Waals surface area contributed by atoms with E-state index in [0.29, 0.717) is 12.0 Å². The molecule has 1 atom stereocenters. The van der Waals surface area contributed by atoms with Crippen molar-refractivity contribution in [3.8, 4) is 0 Å². The Morgan fingerprint density at radius 2 is 2.27 bits per heavy atom. The zero-order valence-corrected chi connectivity index (χ0v) is 11.1. The summed E-state index contributed by atoms with van der Waals surface area (Å²) in [7, 11) is 2.03. The van der Waals surface area contributed by atoms with Crippen LogP contribution in [0.2, 0.25) is 0 Å². The van der Waals surface area contributed by atoms with Gasteiger partial charge in [0.1, 0.15) is 0 Å². The minimum absolute atomic E-state index is 0.473. The molecule has 3 nitrogen and oxygen atoms in total. The molecular weight excluding hydrogens is 254 g/mol. The van der Waals surface area contributed by atoms with Crippen molar-refractivity contribution >= 4 is 15.9 Å². The van der Waals surface area contributed by atoms with Gasteiger partial charge in [-0.25, -0.2) is 0 Å². The molecule has 1 N–H and O–H groups in total. The molecule has 0 aliphatic carbocycles. The third kappa shape index (κ3) is 1.97. The minimum Gasteiger partial charge on any atom is -0.309 e. The van der Waals surface area contributed by atoms with Crippen LogP contribution in [0.4, 0.5) is 0 Å². The Bertz CT molecular complexity index is 351. The maximum Gasteiger partial charge on any atom is 0.0795 e. The Balaban J connectivity index is 2.37. The number of hydrogen-bond acceptors (Lipinski definition) is 2. The average Bonchev–Trinajstić information content (AvgIpc) is 2.73. The molecule has 4 heteroatoms. The van der Waals surface area contributed by atoms with Gasteiger partial charge in [-0.05, 0) is 41.2 Å². The molecule has 0 saturated carbocycles. The van der Waals surface area contributed by atoms with Gasteiger partial charge in [-0.2, -0.15) is 5.10 Å². The summed E-state index contributed by atoms with van der Waals surface area (Å²) < 4.78 is 3.21. The van der Waals surface area contributed by atoms with Crippen molar-refractivity contribution in [3.63, 3.8) is 0 Å². The molecule has 84 valence electrons. The van der Waals surface area contributed by atoms with Gasteiger partial charge >= 0.3 is 0 Å². The number of halogens is 1. The van der Waals surface area contributed by atoms with Crippen LogP contribution in [0, 0.1) is 0 Å². The summed E-state index contributed by atoms with van der Waals surface area (Å²) >= 11 is 3.69. The van der Waals surface area contributed by atoms with Gasteiger partial charge in [0.05, 0.1) is 21.9 Å². The topological polar surface area (TPSA) is 29.9 Å². The highest BCUT2D eigenvalue weighted by molar-refractivity contribution is 9.10. The van der Waals surface area contributed by atoms with Crippen LogP contribution in [-0.4, -0.2) is 16.3 Å². The molecule has 0 amide bonds. The van der Waals surface area contributed by atoms with Crippen molar-refractivity contribution in [2.75, 3.05) is 6.54 Å². The van der Waals surface area contributed by atoms with E-state index >= 15 is 0 Å². The highest BCUT2D eigenvalue weighted by Gasteiger charge is 2.25. The molecule has 15 heavy (non-hydrogen) atoms. The van der Waals surface area contributed by atoms with Crippen LogP contribution in [0.1, 0.15) is 50.0 Å². The Kier molecular flexibility index (Phi) is 3.16. The smallest absolute Gasteiger partial charge is 0.0795 e. The van der Waals surface area contributed by atoms with E-state index < -0.39 is 0 Å². The van der Waals surface area contributed by atoms with Crippen LogP contribution in [0.25, 0.3) is 0 Å². The van der Waals surface area contributed by atoms with Gasteiger partial charge in [-0.15, -0.1) is 0 Å². The Morgan fingerprint density at radius 1 is 1.53 bits per heavy atom. The van der Waals surface area contributed by atoms with Crippen molar-refractivity contribution < 1.29 is 0 Å². The highest BCUT2D eigenvalue weighted by atomic mass is 79.9. The fourth-order valence-corrected chi connectivity index (χ4v) is 3.27. The number of aromatic nitrogens is 2. The van der Waals surface area contributed by atoms with Gasteiger partial charge in [0.2, 0.25) is 0 Å². The molecule has 2 heterocycles. The third-order valence-electron chi connectivity index (χ3n) is 2.99. The van der Waals surface area contributed by atoms with Gasteiger partial charge < -0.3 is 5.32 Å². The first-order valence-electron chi connectivity index (χ1n) is 5.57. The first-order chi connectivity index (χ1) is 7.11. The SMILES string of the molecule is CC(C)c1nn(C)c(C2CCCN2)c1Br. The van der Waals surface area contributed by atoms with E-state index in [1.807, 2.05) is 11.7 Å². The lowest BCUT2D eigenvalue weighted by Gasteiger charge is -2.11. The fraction of sp³-hybridized carbons (Fsp3) is 0.727. The molecular formula is C11H18BrN3. The second-order valence-electron chi connectivity index (χ2n) is 4.51. The first kappa shape index (κ1) is 11.1. The molecule has 1 aromatic heterocycles. The molecule has 1 fully saturated rings. The number of nitrogens with one attached hydrogen (secondary N) is 1. The second-order valence-corrected chi connectivity index (χ2v) is 5.30. The number of nitrogens with zero attached hydrogens (tertiary/aromatic N) is 2. The largest absolute Gasteiger partial charge is 0.309 e. The zero-order valence-electron chi connectivity index (χ0n) is 9.55. The van der Waals surface area contributed by atoms with Gasteiger partial charge in [0.25, 0.3) is 0 Å². The van der Waals surface area contributed by atoms with E-state index in [4.69, 9.17) is 0 Å². The summed E-state index contributed by atoms with van der Waals surface area (Å²) in [6.07, 6.45) is 2.48. The maximum absolute atomic E-state index is 4.58. The number of rotatable bonds is 2. The summed E-state index contributed by atoms with van der Waals surface area (Å²) in [5.41, 5.74) is 2.47. The standard InChI is InChI=1S/C11H18BrN3/c1-7(2)10-9(12)11(15(3)14-10)8-5-4-6-13-8/h7-8,13H,4-6H2,1-3H3. The normalized spacial score (nSPS) is 21.5. The summed E-state index contributed by atoms with van der Waals surface area (Å²) in [5.74, 6) is 0.473. The number of hydrogen-bond donors (Lipinski definition) is 1. The van der Waals surface area contributed by atoms with Gasteiger partial charge in [0, 0.05) is 7.05 Å². The van der Waals surface area contributed by atoms with Crippen LogP contribution in [-0.2, 0) is 7.05 Å². The Hall–Kier alpha value is -0.350. The summed E-state index contributed by atoms with van der Waals surface area (Å²) in [6.45, 7) is 5.48. The molecule has 0 radical (unpaired) electrons. The molecule has 2 rings (SSSR count). The molecule has 1 aliphatic heterocycles. The Morgan fingerprint density at radius 3 is 2.73 bits per heavy atom. The molecule has 0 aromatic carbocycles. The quantitative estimate of drug-likeness (QED) is 0.897. The summed E-state index contributed by atoms with van der Waals surface area (Å²) in [4.78, 5) is 0. The van der Waals surface area contributed by atoms with Crippen molar-refractivity contribution in [1.82, 2.24) is 15.1 Å². The molecule has 1 saturated heterocycles. The van der Waals surface area contributed by atoms with E-state index in [1.54, 1.807) is 0 Å². The van der Waals surface area contributed by atoms with Crippen LogP contribution in [0.3, 0.4) is 0 Å². The number of aryl methyl sites for hydroxylation is 1. The maximum atomic E-state index is 4.58. The minimum atomic E-state index is 0.473. The van der Waals surface area contributed by atoms with E-state index in [2.05, 4.69) is 40.2 Å². The monoisotopic (exact) mass is 271 g/mol. The van der Waals surface area contributed by atoms with Gasteiger partial charge in [-0.1, -0.05) is 13.8 Å². The van der Waals surface area contributed by atoms with E-state index in [9.17, 15) is 0 Å². The molecule has 0 bridgehead atoms. The molecule has 1 aromatic rings. The highest BCUT2D eigenvalue weighted by Crippen LogP contribution is 2.34. The Labute approximate surface area is 99.4 Å². The van der Waals surface area contributed by atoms with Crippen LogP contribution in [0.15, 0.2) is 4.47 Å². The average molecular weight is 272 g/mol. The predicted octanol–water partition coefficient (Wildman–Crippen LogP) is 2.73. The predicted molar refractivity (Wildman–Crippen MR) is 65.0 cm³/mol. The first-order valence-corrected chi connectivity index (χ1v) is 6.36. The van der Waals surface area contributed by atoms with Crippen LogP contribution in [0.5, 0.6) is 0 Å². The molecule has 0 spiro atoms. The second kappa shape index (κ2) is 4.26. The van der Waals surface area contributed by atoms with Gasteiger partial charge in [0.15, 0.2) is 0 Å². The van der Waals surface area contributed by atoms with Crippen molar-refractivity contribution in [1.29, 1.82) is 0 Å². The van der Waals surface area contributed by atoms with Crippen molar-refractivity contribution in [2.24, 2.45) is 7.05 Å². The molecule has 1 unspecified atom stereocenters. The van der Waals surface area contributed by atoms with Crippen LogP contribution >= 0.6 is 15.9 Å². The van der Waals surface area contributed by atoms with E-state index in [1.165, 1.54) is 28.7 Å². The third-order valence-corrected chi connectivity index (χ3v) is 3.81. The van der Waals surface area contributed by atoms with Crippen molar-refractivity contribution in [3.05, 3.63) is 15.9 Å². The van der Waals surface area contributed by atoms with Crippen molar-refractivity contribution in [2.45, 2.75) is 38.6 Å². The van der Waals surface area contributed by atoms with Gasteiger partial charge in [-0.3, -0.25) is 4.68 Å². The van der Waals surface area contributed by atoms with E-state index in [0.717, 1.165) is 6.54 Å². The zero-order chi connectivity index (χ0) is 11.0. The lowest BCUT2D eigenvalue weighted by atomic mass is 10.1. The lowest BCUT2D eigenvalue weighted by molar-refractivity contribution is 0.570. The molecule has 1 aliphatic rings. The fourth-order valence-electron chi connectivity index (χ4n) is 2.20. The van der Waals surface area contributed by atoms with Crippen LogP contribution < -0.4 is 5.32 Å². The summed E-state index contributed by atoms with van der Waals surface area (Å²) in [5, 5.41) is 8.10. The lowest BCUT2D eigenvalue weighted by Crippen LogP contribution is -2.16. The van der Waals surface area contributed by atoms with E-state index in [-0.39, 0.29) is 0 Å².